The minimum absolute atomic E-state index is 0.0426. The molecule has 0 saturated heterocycles. The summed E-state index contributed by atoms with van der Waals surface area (Å²) < 4.78 is 10.4. The summed E-state index contributed by atoms with van der Waals surface area (Å²) in [4.78, 5) is 28.8. The van der Waals surface area contributed by atoms with Crippen molar-refractivity contribution in [2.24, 2.45) is 0 Å². The molecule has 0 bridgehead atoms. The van der Waals surface area contributed by atoms with Crippen LogP contribution in [0.2, 0.25) is 0 Å². The van der Waals surface area contributed by atoms with Crippen LogP contribution < -0.4 is 20.1 Å². The Bertz CT molecular complexity index is 792. The largest absolute Gasteiger partial charge is 0.497 e. The Labute approximate surface area is 152 Å². The van der Waals surface area contributed by atoms with Crippen LogP contribution in [-0.4, -0.2) is 37.1 Å². The predicted molar refractivity (Wildman–Crippen MR) is 99.0 cm³/mol. The average Bonchev–Trinajstić information content (AvgIpc) is 2.67. The fraction of sp³-hybridized carbons (Fsp3) is 0.316. The highest BCUT2D eigenvalue weighted by molar-refractivity contribution is 6.06. The molecule has 0 radical (unpaired) electrons. The van der Waals surface area contributed by atoms with Gasteiger partial charge in [0.05, 0.1) is 31.0 Å². The summed E-state index contributed by atoms with van der Waals surface area (Å²) in [7, 11) is 3.05. The fourth-order valence-electron chi connectivity index (χ4n) is 2.20. The second-order valence-corrected chi connectivity index (χ2v) is 5.77. The van der Waals surface area contributed by atoms with Crippen molar-refractivity contribution in [2.45, 2.75) is 26.3 Å². The Hall–Kier alpha value is -3.09. The monoisotopic (exact) mass is 357 g/mol. The van der Waals surface area contributed by atoms with Gasteiger partial charge in [0.1, 0.15) is 11.5 Å². The second kappa shape index (κ2) is 8.84. The molecule has 0 aliphatic rings. The van der Waals surface area contributed by atoms with E-state index in [-0.39, 0.29) is 17.5 Å². The first-order valence-corrected chi connectivity index (χ1v) is 8.27. The molecule has 1 aromatic carbocycles. The number of hydrogen-bond acceptors (Lipinski definition) is 5. The summed E-state index contributed by atoms with van der Waals surface area (Å²) >= 11 is 0. The van der Waals surface area contributed by atoms with Gasteiger partial charge >= 0.3 is 0 Å². The van der Waals surface area contributed by atoms with Gasteiger partial charge in [-0.05, 0) is 31.5 Å². The van der Waals surface area contributed by atoms with Crippen molar-refractivity contribution in [1.29, 1.82) is 0 Å². The normalized spacial score (nSPS) is 11.4. The number of rotatable bonds is 7. The third-order valence-electron chi connectivity index (χ3n) is 3.91. The Morgan fingerprint density at radius 1 is 1.08 bits per heavy atom. The van der Waals surface area contributed by atoms with E-state index in [0.29, 0.717) is 22.7 Å². The first-order chi connectivity index (χ1) is 12.5. The van der Waals surface area contributed by atoms with Gasteiger partial charge in [-0.1, -0.05) is 6.92 Å². The molecule has 0 aliphatic heterocycles. The Morgan fingerprint density at radius 2 is 1.77 bits per heavy atom. The number of benzene rings is 1. The van der Waals surface area contributed by atoms with Crippen LogP contribution in [0.15, 0.2) is 36.7 Å². The molecular formula is C19H23N3O4. The lowest BCUT2D eigenvalue weighted by Crippen LogP contribution is -2.32. The molecule has 0 aliphatic carbocycles. The van der Waals surface area contributed by atoms with Crippen molar-refractivity contribution in [3.63, 3.8) is 0 Å². The Morgan fingerprint density at radius 3 is 2.38 bits per heavy atom. The molecule has 26 heavy (non-hydrogen) atoms. The lowest BCUT2D eigenvalue weighted by atomic mass is 10.1. The van der Waals surface area contributed by atoms with E-state index < -0.39 is 5.91 Å². The van der Waals surface area contributed by atoms with E-state index >= 15 is 0 Å². The number of aromatic nitrogens is 1. The summed E-state index contributed by atoms with van der Waals surface area (Å²) in [6, 6.07) is 6.63. The number of nitrogens with zero attached hydrogens (tertiary/aromatic N) is 1. The van der Waals surface area contributed by atoms with E-state index in [4.69, 9.17) is 9.47 Å². The van der Waals surface area contributed by atoms with Crippen molar-refractivity contribution in [3.05, 3.63) is 47.8 Å². The van der Waals surface area contributed by atoms with E-state index in [0.717, 1.165) is 6.42 Å². The molecule has 0 saturated carbocycles. The lowest BCUT2D eigenvalue weighted by Gasteiger charge is -2.13. The number of nitrogens with one attached hydrogen (secondary N) is 2. The number of hydrogen-bond donors (Lipinski definition) is 2. The molecular weight excluding hydrogens is 334 g/mol. The van der Waals surface area contributed by atoms with E-state index in [2.05, 4.69) is 15.6 Å². The van der Waals surface area contributed by atoms with E-state index in [1.165, 1.54) is 32.7 Å². The van der Waals surface area contributed by atoms with Crippen LogP contribution in [0.1, 0.15) is 41.0 Å². The molecule has 138 valence electrons. The van der Waals surface area contributed by atoms with Gasteiger partial charge in [-0.3, -0.25) is 14.6 Å². The standard InChI is InChI=1S/C19H23N3O4/c1-5-12(2)21-18(23)13-8-14(11-20-10-13)19(24)22-16-9-15(25-3)6-7-17(16)26-4/h6-12H,5H2,1-4H3,(H,21,23)(H,22,24). The summed E-state index contributed by atoms with van der Waals surface area (Å²) in [5.74, 6) is 0.418. The van der Waals surface area contributed by atoms with Crippen molar-refractivity contribution in [3.8, 4) is 11.5 Å². The third kappa shape index (κ3) is 4.72. The molecule has 7 nitrogen and oxygen atoms in total. The van der Waals surface area contributed by atoms with Gasteiger partial charge in [0.2, 0.25) is 0 Å². The van der Waals surface area contributed by atoms with Crippen molar-refractivity contribution >= 4 is 17.5 Å². The smallest absolute Gasteiger partial charge is 0.257 e. The Kier molecular flexibility index (Phi) is 6.54. The van der Waals surface area contributed by atoms with Crippen LogP contribution in [0.4, 0.5) is 5.69 Å². The summed E-state index contributed by atoms with van der Waals surface area (Å²) in [5, 5.41) is 5.60. The number of anilines is 1. The topological polar surface area (TPSA) is 89.6 Å². The highest BCUT2D eigenvalue weighted by Gasteiger charge is 2.15. The van der Waals surface area contributed by atoms with Crippen LogP contribution in [0, 0.1) is 0 Å². The van der Waals surface area contributed by atoms with Crippen molar-refractivity contribution in [2.75, 3.05) is 19.5 Å². The zero-order chi connectivity index (χ0) is 19.1. The molecule has 1 aromatic heterocycles. The van der Waals surface area contributed by atoms with Crippen molar-refractivity contribution < 1.29 is 19.1 Å². The molecule has 7 heteroatoms. The third-order valence-corrected chi connectivity index (χ3v) is 3.91. The number of methoxy groups -OCH3 is 2. The number of pyridine rings is 1. The molecule has 2 amide bonds. The molecule has 2 rings (SSSR count). The fourth-order valence-corrected chi connectivity index (χ4v) is 2.20. The predicted octanol–water partition coefficient (Wildman–Crippen LogP) is 2.88. The van der Waals surface area contributed by atoms with Crippen LogP contribution in [-0.2, 0) is 0 Å². The van der Waals surface area contributed by atoms with E-state index in [1.807, 2.05) is 13.8 Å². The van der Waals surface area contributed by atoms with Gasteiger partial charge in [-0.25, -0.2) is 0 Å². The zero-order valence-corrected chi connectivity index (χ0v) is 15.3. The van der Waals surface area contributed by atoms with Gasteiger partial charge in [0.25, 0.3) is 11.8 Å². The number of carbonyl (C=O) groups is 2. The van der Waals surface area contributed by atoms with Crippen LogP contribution >= 0.6 is 0 Å². The zero-order valence-electron chi connectivity index (χ0n) is 15.3. The van der Waals surface area contributed by atoms with Crippen molar-refractivity contribution in [1.82, 2.24) is 10.3 Å². The first kappa shape index (κ1) is 19.2. The van der Waals surface area contributed by atoms with E-state index in [9.17, 15) is 9.59 Å². The maximum atomic E-state index is 12.6. The van der Waals surface area contributed by atoms with Crippen LogP contribution in [0.3, 0.4) is 0 Å². The van der Waals surface area contributed by atoms with Gasteiger partial charge in [-0.15, -0.1) is 0 Å². The lowest BCUT2D eigenvalue weighted by molar-refractivity contribution is 0.0939. The quantitative estimate of drug-likeness (QED) is 0.795. The summed E-state index contributed by atoms with van der Waals surface area (Å²) in [6.45, 7) is 3.89. The van der Waals surface area contributed by atoms with Gasteiger partial charge < -0.3 is 20.1 Å². The van der Waals surface area contributed by atoms with E-state index in [1.54, 1.807) is 18.2 Å². The number of ether oxygens (including phenoxy) is 2. The van der Waals surface area contributed by atoms with Gasteiger partial charge in [0.15, 0.2) is 0 Å². The molecule has 2 N–H and O–H groups in total. The first-order valence-electron chi connectivity index (χ1n) is 8.27. The number of carbonyl (C=O) groups excluding carboxylic acids is 2. The molecule has 1 unspecified atom stereocenters. The van der Waals surface area contributed by atoms with Crippen LogP contribution in [0.5, 0.6) is 11.5 Å². The molecule has 2 aromatic rings. The minimum Gasteiger partial charge on any atom is -0.497 e. The number of amides is 2. The summed E-state index contributed by atoms with van der Waals surface area (Å²) in [6.07, 6.45) is 3.65. The highest BCUT2D eigenvalue weighted by atomic mass is 16.5. The van der Waals surface area contributed by atoms with Gasteiger partial charge in [0, 0.05) is 24.5 Å². The second-order valence-electron chi connectivity index (χ2n) is 5.77. The maximum absolute atomic E-state index is 12.6. The van der Waals surface area contributed by atoms with Gasteiger partial charge in [-0.2, -0.15) is 0 Å². The molecule has 0 fully saturated rings. The molecule has 0 spiro atoms. The SMILES string of the molecule is CCC(C)NC(=O)c1cncc(C(=O)Nc2cc(OC)ccc2OC)c1. The Balaban J connectivity index is 2.20. The molecule has 1 heterocycles. The summed E-state index contributed by atoms with van der Waals surface area (Å²) in [5.41, 5.74) is 1.06. The average molecular weight is 357 g/mol. The highest BCUT2D eigenvalue weighted by Crippen LogP contribution is 2.29. The maximum Gasteiger partial charge on any atom is 0.257 e. The molecule has 1 atom stereocenters. The minimum atomic E-state index is -0.401. The van der Waals surface area contributed by atoms with Crippen LogP contribution in [0.25, 0.3) is 0 Å².